The summed E-state index contributed by atoms with van der Waals surface area (Å²) in [6, 6.07) is 12.1. The summed E-state index contributed by atoms with van der Waals surface area (Å²) in [4.78, 5) is 15.9. The van der Waals surface area contributed by atoms with Crippen molar-refractivity contribution in [3.8, 4) is 5.75 Å². The lowest BCUT2D eigenvalue weighted by molar-refractivity contribution is -0.914. The molecule has 1 atom stereocenters. The third kappa shape index (κ3) is 4.41. The number of phenolic OH excluding ortho intramolecular Hbond substituents is 1. The van der Waals surface area contributed by atoms with Gasteiger partial charge in [-0.05, 0) is 37.3 Å². The number of phenols is 1. The van der Waals surface area contributed by atoms with Crippen molar-refractivity contribution in [3.63, 3.8) is 0 Å². The SMILES string of the molecule is C[C@H](C(=O)Nc1cc(Cl)cc(Cl)c1)[NH+]1CCN(c2ccccc2O)CC1. The number of halogens is 2. The topological polar surface area (TPSA) is 57.0 Å². The van der Waals surface area contributed by atoms with E-state index >= 15 is 0 Å². The summed E-state index contributed by atoms with van der Waals surface area (Å²) in [5.74, 6) is 0.230. The first-order chi connectivity index (χ1) is 12.4. The summed E-state index contributed by atoms with van der Waals surface area (Å²) in [6.45, 7) is 5.13. The molecule has 138 valence electrons. The molecule has 1 aliphatic heterocycles. The Morgan fingerprint density at radius 3 is 2.38 bits per heavy atom. The Morgan fingerprint density at radius 1 is 1.15 bits per heavy atom. The molecule has 3 N–H and O–H groups in total. The fourth-order valence-electron chi connectivity index (χ4n) is 3.26. The zero-order valence-electron chi connectivity index (χ0n) is 14.5. The lowest BCUT2D eigenvalue weighted by atomic mass is 10.2. The van der Waals surface area contributed by atoms with Gasteiger partial charge in [0.25, 0.3) is 5.91 Å². The van der Waals surface area contributed by atoms with Crippen LogP contribution in [0.1, 0.15) is 6.92 Å². The number of carbonyl (C=O) groups is 1. The molecule has 3 rings (SSSR count). The maximum atomic E-state index is 12.6. The molecule has 1 saturated heterocycles. The molecule has 2 aromatic carbocycles. The molecule has 1 fully saturated rings. The van der Waals surface area contributed by atoms with Crippen molar-refractivity contribution in [1.29, 1.82) is 0 Å². The van der Waals surface area contributed by atoms with E-state index in [1.807, 2.05) is 25.1 Å². The second-order valence-corrected chi connectivity index (χ2v) is 7.38. The van der Waals surface area contributed by atoms with Gasteiger partial charge in [0.15, 0.2) is 6.04 Å². The Bertz CT molecular complexity index is 772. The average molecular weight is 395 g/mol. The molecule has 0 aromatic heterocycles. The number of rotatable bonds is 4. The summed E-state index contributed by atoms with van der Waals surface area (Å²) in [6.07, 6.45) is 0. The highest BCUT2D eigenvalue weighted by Gasteiger charge is 2.30. The minimum absolute atomic E-state index is 0.0608. The molecule has 2 aromatic rings. The van der Waals surface area contributed by atoms with E-state index in [2.05, 4.69) is 10.2 Å². The van der Waals surface area contributed by atoms with Crippen LogP contribution in [0.5, 0.6) is 5.75 Å². The second-order valence-electron chi connectivity index (χ2n) is 6.50. The molecule has 0 bridgehead atoms. The molecule has 1 amide bonds. The van der Waals surface area contributed by atoms with Crippen molar-refractivity contribution < 1.29 is 14.8 Å². The Kier molecular flexibility index (Phi) is 5.91. The maximum absolute atomic E-state index is 12.6. The highest BCUT2D eigenvalue weighted by molar-refractivity contribution is 6.35. The van der Waals surface area contributed by atoms with Crippen molar-refractivity contribution in [1.82, 2.24) is 0 Å². The van der Waals surface area contributed by atoms with Gasteiger partial charge in [0.2, 0.25) is 0 Å². The summed E-state index contributed by atoms with van der Waals surface area (Å²) < 4.78 is 0. The third-order valence-electron chi connectivity index (χ3n) is 4.76. The minimum Gasteiger partial charge on any atom is -0.506 e. The van der Waals surface area contributed by atoms with Crippen LogP contribution >= 0.6 is 23.2 Å². The normalized spacial score (nSPS) is 16.3. The number of anilines is 2. The smallest absolute Gasteiger partial charge is 0.282 e. The van der Waals surface area contributed by atoms with Crippen molar-refractivity contribution in [2.24, 2.45) is 0 Å². The van der Waals surface area contributed by atoms with E-state index in [1.54, 1.807) is 24.3 Å². The number of piperazine rings is 1. The minimum atomic E-state index is -0.195. The Hall–Kier alpha value is -1.95. The number of nitrogens with zero attached hydrogens (tertiary/aromatic N) is 1. The molecule has 5 nitrogen and oxygen atoms in total. The predicted octanol–water partition coefficient (Wildman–Crippen LogP) is 2.43. The van der Waals surface area contributed by atoms with Gasteiger partial charge in [0.1, 0.15) is 5.75 Å². The number of carbonyl (C=O) groups excluding carboxylic acids is 1. The molecule has 0 radical (unpaired) electrons. The van der Waals surface area contributed by atoms with E-state index in [9.17, 15) is 9.90 Å². The fourth-order valence-corrected chi connectivity index (χ4v) is 3.79. The quantitative estimate of drug-likeness (QED) is 0.746. The number of hydrogen-bond acceptors (Lipinski definition) is 3. The third-order valence-corrected chi connectivity index (χ3v) is 5.20. The van der Waals surface area contributed by atoms with Crippen LogP contribution in [0.25, 0.3) is 0 Å². The number of benzene rings is 2. The number of amides is 1. The predicted molar refractivity (Wildman–Crippen MR) is 106 cm³/mol. The van der Waals surface area contributed by atoms with Crippen LogP contribution in [0.2, 0.25) is 10.0 Å². The van der Waals surface area contributed by atoms with Crippen molar-refractivity contribution in [3.05, 3.63) is 52.5 Å². The molecule has 7 heteroatoms. The maximum Gasteiger partial charge on any atom is 0.282 e. The standard InChI is InChI=1S/C19H21Cl2N3O2/c1-13(19(26)22-16-11-14(20)10-15(21)12-16)23-6-8-24(9-7-23)17-4-2-3-5-18(17)25/h2-5,10-13,25H,6-9H2,1H3,(H,22,26)/p+1/t13-/m1/s1. The zero-order chi connectivity index (χ0) is 18.7. The van der Waals surface area contributed by atoms with Gasteiger partial charge in [-0.2, -0.15) is 0 Å². The molecular weight excluding hydrogens is 373 g/mol. The number of hydrogen-bond donors (Lipinski definition) is 3. The average Bonchev–Trinajstić information content (AvgIpc) is 2.61. The Morgan fingerprint density at radius 2 is 1.77 bits per heavy atom. The molecule has 1 heterocycles. The van der Waals surface area contributed by atoms with E-state index in [-0.39, 0.29) is 11.9 Å². The van der Waals surface area contributed by atoms with Crippen molar-refractivity contribution in [2.75, 3.05) is 36.4 Å². The van der Waals surface area contributed by atoms with Gasteiger partial charge < -0.3 is 20.2 Å². The summed E-state index contributed by atoms with van der Waals surface area (Å²) in [5, 5.41) is 13.9. The molecule has 0 saturated carbocycles. The number of quaternary nitrogens is 1. The van der Waals surface area contributed by atoms with Crippen LogP contribution in [0.3, 0.4) is 0 Å². The Labute approximate surface area is 163 Å². The Balaban J connectivity index is 1.58. The van der Waals surface area contributed by atoms with Gasteiger partial charge in [-0.25, -0.2) is 0 Å². The second kappa shape index (κ2) is 8.16. The highest BCUT2D eigenvalue weighted by Crippen LogP contribution is 2.26. The van der Waals surface area contributed by atoms with E-state index in [4.69, 9.17) is 23.2 Å². The first-order valence-corrected chi connectivity index (χ1v) is 9.34. The van der Waals surface area contributed by atoms with Crippen LogP contribution in [0.4, 0.5) is 11.4 Å². The monoisotopic (exact) mass is 394 g/mol. The molecule has 0 unspecified atom stereocenters. The van der Waals surface area contributed by atoms with Gasteiger partial charge in [-0.1, -0.05) is 35.3 Å². The first kappa shape index (κ1) is 18.8. The van der Waals surface area contributed by atoms with Crippen LogP contribution < -0.4 is 15.1 Å². The zero-order valence-corrected chi connectivity index (χ0v) is 16.0. The van der Waals surface area contributed by atoms with E-state index in [1.165, 1.54) is 4.90 Å². The molecule has 1 aliphatic rings. The molecule has 0 aliphatic carbocycles. The van der Waals surface area contributed by atoms with Crippen LogP contribution in [0, 0.1) is 0 Å². The number of para-hydroxylation sites is 2. The summed E-state index contributed by atoms with van der Waals surface area (Å²) in [5.41, 5.74) is 1.45. The first-order valence-electron chi connectivity index (χ1n) is 8.58. The van der Waals surface area contributed by atoms with E-state index < -0.39 is 0 Å². The van der Waals surface area contributed by atoms with Crippen LogP contribution in [-0.4, -0.2) is 43.2 Å². The summed E-state index contributed by atoms with van der Waals surface area (Å²) in [7, 11) is 0. The fraction of sp³-hybridized carbons (Fsp3) is 0.316. The summed E-state index contributed by atoms with van der Waals surface area (Å²) >= 11 is 12.0. The number of nitrogens with one attached hydrogen (secondary N) is 2. The lowest BCUT2D eigenvalue weighted by Crippen LogP contribution is -3.19. The van der Waals surface area contributed by atoms with Gasteiger partial charge in [0, 0.05) is 15.7 Å². The van der Waals surface area contributed by atoms with Crippen LogP contribution in [0.15, 0.2) is 42.5 Å². The van der Waals surface area contributed by atoms with Crippen molar-refractivity contribution in [2.45, 2.75) is 13.0 Å². The molecule has 0 spiro atoms. The largest absolute Gasteiger partial charge is 0.506 e. The molecule has 26 heavy (non-hydrogen) atoms. The van der Waals surface area contributed by atoms with Gasteiger partial charge in [0.05, 0.1) is 31.9 Å². The van der Waals surface area contributed by atoms with Gasteiger partial charge >= 0.3 is 0 Å². The number of aromatic hydroxyl groups is 1. The molecular formula is C19H22Cl2N3O2+. The van der Waals surface area contributed by atoms with Crippen LogP contribution in [-0.2, 0) is 4.79 Å². The van der Waals surface area contributed by atoms with Crippen molar-refractivity contribution >= 4 is 40.5 Å². The van der Waals surface area contributed by atoms with Gasteiger partial charge in [-0.15, -0.1) is 0 Å². The van der Waals surface area contributed by atoms with E-state index in [0.717, 1.165) is 31.9 Å². The van der Waals surface area contributed by atoms with E-state index in [0.29, 0.717) is 21.5 Å². The highest BCUT2D eigenvalue weighted by atomic mass is 35.5. The van der Waals surface area contributed by atoms with Gasteiger partial charge in [-0.3, -0.25) is 4.79 Å². The lowest BCUT2D eigenvalue weighted by Gasteiger charge is -2.36.